The molecule has 0 unspecified atom stereocenters. The second-order valence-electron chi connectivity index (χ2n) is 9.59. The Hall–Kier alpha value is -2.32. The molecule has 0 spiro atoms. The van der Waals surface area contributed by atoms with E-state index in [4.69, 9.17) is 0 Å². The zero-order valence-corrected chi connectivity index (χ0v) is 19.4. The van der Waals surface area contributed by atoms with Crippen LogP contribution in [0.5, 0.6) is 0 Å². The van der Waals surface area contributed by atoms with Crippen molar-refractivity contribution in [2.45, 2.75) is 58.5 Å². The Morgan fingerprint density at radius 2 is 1.68 bits per heavy atom. The number of hydrogen-bond donors (Lipinski definition) is 0. The minimum absolute atomic E-state index is 0.748. The van der Waals surface area contributed by atoms with Crippen molar-refractivity contribution in [2.24, 2.45) is 11.8 Å². The number of aryl methyl sites for hydroxylation is 2. The van der Waals surface area contributed by atoms with Crippen molar-refractivity contribution in [2.75, 3.05) is 13.6 Å². The minimum atomic E-state index is 0.748. The molecule has 1 aliphatic rings. The van der Waals surface area contributed by atoms with Crippen molar-refractivity contribution in [1.29, 1.82) is 0 Å². The number of rotatable bonds is 11. The van der Waals surface area contributed by atoms with Crippen LogP contribution in [0, 0.1) is 18.8 Å². The van der Waals surface area contributed by atoms with E-state index in [1.54, 1.807) is 0 Å². The van der Waals surface area contributed by atoms with Crippen LogP contribution in [0.25, 0.3) is 10.9 Å². The van der Waals surface area contributed by atoms with Crippen LogP contribution in [0.1, 0.15) is 49.7 Å². The molecule has 1 aliphatic carbocycles. The molecular formula is C29H38N2. The van der Waals surface area contributed by atoms with Crippen molar-refractivity contribution in [3.8, 4) is 0 Å². The first-order valence-electron chi connectivity index (χ1n) is 12.1. The summed E-state index contributed by atoms with van der Waals surface area (Å²) in [5.74, 6) is 1.52. The largest absolute Gasteiger partial charge is 0.347 e. The van der Waals surface area contributed by atoms with E-state index in [9.17, 15) is 0 Å². The lowest BCUT2D eigenvalue weighted by molar-refractivity contribution is 0.234. The molecule has 2 nitrogen and oxygen atoms in total. The average Bonchev–Trinajstić information content (AvgIpc) is 3.10. The Kier molecular flexibility index (Phi) is 7.29. The fraction of sp³-hybridized carbons (Fsp3) is 0.448. The van der Waals surface area contributed by atoms with E-state index in [-0.39, 0.29) is 0 Å². The highest BCUT2D eigenvalue weighted by Crippen LogP contribution is 2.43. The smallest absolute Gasteiger partial charge is 0.0483 e. The lowest BCUT2D eigenvalue weighted by Crippen LogP contribution is -2.30. The second kappa shape index (κ2) is 10.3. The maximum Gasteiger partial charge on any atom is 0.0483 e. The van der Waals surface area contributed by atoms with Gasteiger partial charge >= 0.3 is 0 Å². The maximum atomic E-state index is 4.45. The Balaban J connectivity index is 1.10. The monoisotopic (exact) mass is 414 g/mol. The van der Waals surface area contributed by atoms with Gasteiger partial charge in [-0.1, -0.05) is 73.5 Å². The molecule has 2 atom stereocenters. The fourth-order valence-electron chi connectivity index (χ4n) is 5.24. The highest BCUT2D eigenvalue weighted by atomic mass is 15.1. The topological polar surface area (TPSA) is 8.17 Å². The summed E-state index contributed by atoms with van der Waals surface area (Å²) in [6.45, 7) is 10.0. The molecule has 0 bridgehead atoms. The van der Waals surface area contributed by atoms with Gasteiger partial charge in [-0.15, -0.1) is 0 Å². The molecule has 1 aromatic heterocycles. The highest BCUT2D eigenvalue weighted by Gasteiger charge is 2.32. The summed E-state index contributed by atoms with van der Waals surface area (Å²) in [4.78, 5) is 2.45. The van der Waals surface area contributed by atoms with Gasteiger partial charge < -0.3 is 9.47 Å². The van der Waals surface area contributed by atoms with Gasteiger partial charge in [0.25, 0.3) is 0 Å². The van der Waals surface area contributed by atoms with Crippen LogP contribution in [-0.2, 0) is 13.1 Å². The van der Waals surface area contributed by atoms with Crippen molar-refractivity contribution in [3.63, 3.8) is 0 Å². The van der Waals surface area contributed by atoms with Gasteiger partial charge in [0.1, 0.15) is 0 Å². The van der Waals surface area contributed by atoms with E-state index in [1.165, 1.54) is 66.1 Å². The Morgan fingerprint density at radius 1 is 0.935 bits per heavy atom. The number of para-hydroxylation sites is 1. The van der Waals surface area contributed by atoms with Gasteiger partial charge in [0.15, 0.2) is 0 Å². The lowest BCUT2D eigenvalue weighted by atomic mass is 9.67. The van der Waals surface area contributed by atoms with Gasteiger partial charge in [0.2, 0.25) is 0 Å². The van der Waals surface area contributed by atoms with Gasteiger partial charge in [-0.25, -0.2) is 0 Å². The molecular weight excluding hydrogens is 376 g/mol. The van der Waals surface area contributed by atoms with Crippen LogP contribution in [-0.4, -0.2) is 23.1 Å². The summed E-state index contributed by atoms with van der Waals surface area (Å²) in [5, 5.41) is 1.40. The Bertz CT molecular complexity index is 984. The van der Waals surface area contributed by atoms with Crippen LogP contribution in [0.3, 0.4) is 0 Å². The summed E-state index contributed by atoms with van der Waals surface area (Å²) in [7, 11) is 2.24. The van der Waals surface area contributed by atoms with E-state index < -0.39 is 0 Å². The summed E-state index contributed by atoms with van der Waals surface area (Å²) in [6.07, 6.45) is 10.2. The molecule has 0 aliphatic heterocycles. The summed E-state index contributed by atoms with van der Waals surface area (Å²) in [6, 6.07) is 19.6. The molecule has 4 rings (SSSR count). The number of aromatic nitrogens is 1. The fourth-order valence-corrected chi connectivity index (χ4v) is 5.24. The van der Waals surface area contributed by atoms with Crippen molar-refractivity contribution < 1.29 is 0 Å². The first-order chi connectivity index (χ1) is 15.1. The van der Waals surface area contributed by atoms with Crippen LogP contribution >= 0.6 is 0 Å². The third-order valence-corrected chi connectivity index (χ3v) is 7.21. The molecule has 0 radical (unpaired) electrons. The highest BCUT2D eigenvalue weighted by molar-refractivity contribution is 5.83. The average molecular weight is 415 g/mol. The zero-order valence-electron chi connectivity index (χ0n) is 19.4. The molecule has 0 N–H and O–H groups in total. The number of fused-ring (bicyclic) bond motifs is 1. The van der Waals surface area contributed by atoms with Gasteiger partial charge in [0, 0.05) is 30.2 Å². The summed E-state index contributed by atoms with van der Waals surface area (Å²) < 4.78 is 2.44. The molecule has 164 valence electrons. The number of unbranched alkanes of at least 4 members (excludes halogenated alkanes) is 2. The van der Waals surface area contributed by atoms with Crippen LogP contribution in [0.2, 0.25) is 0 Å². The molecule has 1 heterocycles. The Morgan fingerprint density at radius 3 is 2.48 bits per heavy atom. The molecule has 1 saturated carbocycles. The molecule has 0 amide bonds. The second-order valence-corrected chi connectivity index (χ2v) is 9.59. The number of benzene rings is 2. The summed E-state index contributed by atoms with van der Waals surface area (Å²) in [5.41, 5.74) is 5.70. The predicted molar refractivity (Wildman–Crippen MR) is 133 cm³/mol. The summed E-state index contributed by atoms with van der Waals surface area (Å²) >= 11 is 0. The normalized spacial score (nSPS) is 18.6. The van der Waals surface area contributed by atoms with E-state index in [2.05, 4.69) is 90.8 Å². The zero-order chi connectivity index (χ0) is 21.6. The maximum absolute atomic E-state index is 4.45. The van der Waals surface area contributed by atoms with Crippen molar-refractivity contribution in [3.05, 3.63) is 84.1 Å². The van der Waals surface area contributed by atoms with E-state index in [0.717, 1.165) is 31.5 Å². The van der Waals surface area contributed by atoms with Gasteiger partial charge in [-0.05, 0) is 75.2 Å². The molecule has 31 heavy (non-hydrogen) atoms. The quantitative estimate of drug-likeness (QED) is 0.237. The number of allylic oxidation sites excluding steroid dienone is 1. The first kappa shape index (κ1) is 21.9. The van der Waals surface area contributed by atoms with Gasteiger partial charge in [-0.2, -0.15) is 0 Å². The number of hydrogen-bond acceptors (Lipinski definition) is 1. The van der Waals surface area contributed by atoms with Crippen LogP contribution in [0.4, 0.5) is 0 Å². The van der Waals surface area contributed by atoms with Gasteiger partial charge in [-0.3, -0.25) is 0 Å². The molecule has 2 aromatic carbocycles. The van der Waals surface area contributed by atoms with Gasteiger partial charge in [0.05, 0.1) is 0 Å². The van der Waals surface area contributed by atoms with Crippen molar-refractivity contribution in [1.82, 2.24) is 9.47 Å². The Labute approximate surface area is 188 Å². The lowest BCUT2D eigenvalue weighted by Gasteiger charge is -2.39. The molecule has 0 saturated heterocycles. The van der Waals surface area contributed by atoms with E-state index in [0.29, 0.717) is 0 Å². The minimum Gasteiger partial charge on any atom is -0.347 e. The third kappa shape index (κ3) is 5.49. The number of nitrogens with zero attached hydrogens (tertiary/aromatic N) is 2. The third-order valence-electron chi connectivity index (χ3n) is 7.21. The van der Waals surface area contributed by atoms with Crippen LogP contribution < -0.4 is 0 Å². The van der Waals surface area contributed by atoms with Crippen molar-refractivity contribution >= 4 is 10.9 Å². The standard InChI is InChI=1S/C29H38N2/c1-23-21-31(29-16-10-9-15-28(23)29)18-11-5-8-14-26-20-27(24(26)2)17-19-30(3)22-25-12-6-4-7-13-25/h4,6-7,9-10,12-13,15-16,21,26-27H,2,5,8,11,14,17-20,22H2,1,3H3/t26-,27-/m1/s1. The van der Waals surface area contributed by atoms with E-state index >= 15 is 0 Å². The molecule has 2 heteroatoms. The molecule has 3 aromatic rings. The van der Waals surface area contributed by atoms with E-state index in [1.807, 2.05) is 0 Å². The van der Waals surface area contributed by atoms with Crippen LogP contribution in [0.15, 0.2) is 72.9 Å². The predicted octanol–water partition coefficient (Wildman–Crippen LogP) is 7.22. The molecule has 1 fully saturated rings. The first-order valence-corrected chi connectivity index (χ1v) is 12.1. The SMILES string of the molecule is C=C1[C@H](CCCCCn2cc(C)c3ccccc32)C[C@H]1CCN(C)Cc1ccccc1.